The highest BCUT2D eigenvalue weighted by Crippen LogP contribution is 2.41. The maximum absolute atomic E-state index is 13.7. The van der Waals surface area contributed by atoms with Gasteiger partial charge in [0, 0.05) is 22.8 Å². The number of fused-ring (bicyclic) bond motifs is 2. The molecule has 4 rings (SSSR count). The van der Waals surface area contributed by atoms with Crippen LogP contribution in [0.25, 0.3) is 11.1 Å². The molecule has 0 saturated carbocycles. The molecule has 0 heterocycles. The van der Waals surface area contributed by atoms with Gasteiger partial charge in [-0.15, -0.1) is 0 Å². The van der Waals surface area contributed by atoms with Crippen LogP contribution < -0.4 is 4.74 Å². The van der Waals surface area contributed by atoms with Gasteiger partial charge in [-0.25, -0.2) is 4.39 Å². The predicted octanol–water partition coefficient (Wildman–Crippen LogP) is 3.69. The highest BCUT2D eigenvalue weighted by molar-refractivity contribution is 6.30. The summed E-state index contributed by atoms with van der Waals surface area (Å²) in [5, 5.41) is 20.6. The van der Waals surface area contributed by atoms with E-state index in [1.54, 1.807) is 24.3 Å². The van der Waals surface area contributed by atoms with Crippen LogP contribution >= 0.6 is 0 Å². The Morgan fingerprint density at radius 2 is 1.44 bits per heavy atom. The van der Waals surface area contributed by atoms with E-state index in [1.807, 2.05) is 0 Å². The minimum absolute atomic E-state index is 0.0378. The number of carbonyl (C=O) groups excluding carboxylic acids is 2. The van der Waals surface area contributed by atoms with Crippen molar-refractivity contribution < 1.29 is 28.9 Å². The summed E-state index contributed by atoms with van der Waals surface area (Å²) in [6.45, 7) is 0. The average Bonchev–Trinajstić information content (AvgIpc) is 2.65. The molecule has 0 bridgehead atoms. The van der Waals surface area contributed by atoms with E-state index in [-0.39, 0.29) is 28.0 Å². The molecular formula is C21H13FO5. The molecule has 3 aromatic carbocycles. The van der Waals surface area contributed by atoms with Crippen LogP contribution in [-0.4, -0.2) is 28.9 Å². The van der Waals surface area contributed by atoms with Crippen LogP contribution in [-0.2, 0) is 0 Å². The van der Waals surface area contributed by atoms with Crippen LogP contribution in [0.15, 0.2) is 48.5 Å². The van der Waals surface area contributed by atoms with E-state index in [4.69, 9.17) is 4.74 Å². The lowest BCUT2D eigenvalue weighted by Gasteiger charge is -2.20. The third-order valence-corrected chi connectivity index (χ3v) is 4.60. The first-order valence-corrected chi connectivity index (χ1v) is 8.04. The van der Waals surface area contributed by atoms with E-state index in [9.17, 15) is 24.2 Å². The Hall–Kier alpha value is -3.67. The summed E-state index contributed by atoms with van der Waals surface area (Å²) in [6, 6.07) is 11.4. The number of halogens is 1. The van der Waals surface area contributed by atoms with Crippen molar-refractivity contribution in [2.24, 2.45) is 0 Å². The molecule has 27 heavy (non-hydrogen) atoms. The average molecular weight is 364 g/mol. The molecule has 0 atom stereocenters. The summed E-state index contributed by atoms with van der Waals surface area (Å²) >= 11 is 0. The lowest BCUT2D eigenvalue weighted by molar-refractivity contribution is 0.0974. The number of aromatic hydroxyl groups is 2. The highest BCUT2D eigenvalue weighted by Gasteiger charge is 2.35. The fraction of sp³-hybridized carbons (Fsp3) is 0.0476. The zero-order valence-electron chi connectivity index (χ0n) is 14.1. The van der Waals surface area contributed by atoms with Crippen molar-refractivity contribution in [3.8, 4) is 28.4 Å². The number of rotatable bonds is 2. The molecule has 0 radical (unpaired) electrons. The number of hydrogen-bond acceptors (Lipinski definition) is 5. The smallest absolute Gasteiger partial charge is 0.198 e. The van der Waals surface area contributed by atoms with Crippen molar-refractivity contribution in [2.75, 3.05) is 7.11 Å². The van der Waals surface area contributed by atoms with Gasteiger partial charge in [-0.1, -0.05) is 12.1 Å². The van der Waals surface area contributed by atoms with Gasteiger partial charge < -0.3 is 14.9 Å². The number of benzene rings is 3. The van der Waals surface area contributed by atoms with Gasteiger partial charge in [-0.3, -0.25) is 9.59 Å². The Balaban J connectivity index is 1.92. The van der Waals surface area contributed by atoms with Crippen LogP contribution in [0.4, 0.5) is 4.39 Å². The topological polar surface area (TPSA) is 83.8 Å². The first kappa shape index (κ1) is 16.8. The quantitative estimate of drug-likeness (QED) is 0.567. The van der Waals surface area contributed by atoms with Crippen molar-refractivity contribution in [3.05, 3.63) is 76.6 Å². The number of carbonyl (C=O) groups is 2. The van der Waals surface area contributed by atoms with E-state index in [2.05, 4.69) is 0 Å². The van der Waals surface area contributed by atoms with Gasteiger partial charge in [0.15, 0.2) is 11.6 Å². The lowest BCUT2D eigenvalue weighted by atomic mass is 9.81. The molecule has 2 N–H and O–H groups in total. The molecule has 0 spiro atoms. The summed E-state index contributed by atoms with van der Waals surface area (Å²) in [4.78, 5) is 25.6. The monoisotopic (exact) mass is 364 g/mol. The third kappa shape index (κ3) is 2.45. The fourth-order valence-electron chi connectivity index (χ4n) is 3.29. The lowest BCUT2D eigenvalue weighted by Crippen LogP contribution is -2.21. The number of hydrogen-bond donors (Lipinski definition) is 2. The molecule has 0 saturated heterocycles. The van der Waals surface area contributed by atoms with Crippen molar-refractivity contribution in [3.63, 3.8) is 0 Å². The summed E-state index contributed by atoms with van der Waals surface area (Å²) in [6.07, 6.45) is 0. The van der Waals surface area contributed by atoms with Gasteiger partial charge >= 0.3 is 0 Å². The van der Waals surface area contributed by atoms with Gasteiger partial charge in [-0.2, -0.15) is 0 Å². The second-order valence-electron chi connectivity index (χ2n) is 6.12. The second kappa shape index (κ2) is 5.95. The van der Waals surface area contributed by atoms with Gasteiger partial charge in [0.1, 0.15) is 23.1 Å². The molecular weight excluding hydrogens is 351 g/mol. The third-order valence-electron chi connectivity index (χ3n) is 4.60. The SMILES string of the molecule is COc1ccc(-c2ccc3c(c2O)C(=O)c2cc(F)cc(O)c2C3=O)cc1. The highest BCUT2D eigenvalue weighted by atomic mass is 19.1. The summed E-state index contributed by atoms with van der Waals surface area (Å²) in [7, 11) is 1.53. The first-order chi connectivity index (χ1) is 12.9. The molecule has 0 aliphatic heterocycles. The number of ketones is 2. The molecule has 0 fully saturated rings. The van der Waals surface area contributed by atoms with E-state index < -0.39 is 23.1 Å². The zero-order valence-corrected chi connectivity index (χ0v) is 14.1. The summed E-state index contributed by atoms with van der Waals surface area (Å²) < 4.78 is 18.7. The Morgan fingerprint density at radius 1 is 0.815 bits per heavy atom. The van der Waals surface area contributed by atoms with Crippen molar-refractivity contribution in [2.45, 2.75) is 0 Å². The maximum atomic E-state index is 13.7. The van der Waals surface area contributed by atoms with Crippen molar-refractivity contribution in [1.29, 1.82) is 0 Å². The van der Waals surface area contributed by atoms with Gasteiger partial charge in [0.05, 0.1) is 18.2 Å². The number of ether oxygens (including phenoxy) is 1. The predicted molar refractivity (Wildman–Crippen MR) is 95.0 cm³/mol. The van der Waals surface area contributed by atoms with Gasteiger partial charge in [0.25, 0.3) is 0 Å². The molecule has 0 amide bonds. The van der Waals surface area contributed by atoms with Crippen molar-refractivity contribution >= 4 is 11.6 Å². The second-order valence-corrected chi connectivity index (χ2v) is 6.12. The zero-order chi connectivity index (χ0) is 19.3. The number of methoxy groups -OCH3 is 1. The Kier molecular flexibility index (Phi) is 3.70. The molecule has 134 valence electrons. The summed E-state index contributed by atoms with van der Waals surface area (Å²) in [5.41, 5.74) is 0.193. The molecule has 0 aromatic heterocycles. The molecule has 3 aromatic rings. The van der Waals surface area contributed by atoms with E-state index in [1.165, 1.54) is 19.2 Å². The minimum atomic E-state index is -0.846. The fourth-order valence-corrected chi connectivity index (χ4v) is 3.29. The van der Waals surface area contributed by atoms with E-state index >= 15 is 0 Å². The maximum Gasteiger partial charge on any atom is 0.198 e. The van der Waals surface area contributed by atoms with Gasteiger partial charge in [-0.05, 0) is 35.9 Å². The van der Waals surface area contributed by atoms with E-state index in [0.717, 1.165) is 12.1 Å². The molecule has 0 unspecified atom stereocenters. The van der Waals surface area contributed by atoms with Crippen LogP contribution in [0.1, 0.15) is 31.8 Å². The van der Waals surface area contributed by atoms with E-state index in [0.29, 0.717) is 16.9 Å². The Labute approximate surface area is 153 Å². The number of phenols is 2. The number of phenolic OH excluding ortho intramolecular Hbond substituents is 2. The van der Waals surface area contributed by atoms with Crippen LogP contribution in [0, 0.1) is 5.82 Å². The largest absolute Gasteiger partial charge is 0.507 e. The molecule has 1 aliphatic rings. The Bertz CT molecular complexity index is 1120. The standard InChI is InChI=1S/C21H13FO5/c1-27-12-4-2-10(3-5-12)13-6-7-14-18(19(13)24)21(26)15-8-11(22)9-16(23)17(15)20(14)25/h2-9,23-24H,1H3. The normalized spacial score (nSPS) is 12.5. The molecule has 1 aliphatic carbocycles. The van der Waals surface area contributed by atoms with Crippen molar-refractivity contribution in [1.82, 2.24) is 0 Å². The first-order valence-electron chi connectivity index (χ1n) is 8.04. The minimum Gasteiger partial charge on any atom is -0.507 e. The van der Waals surface area contributed by atoms with Crippen LogP contribution in [0.5, 0.6) is 17.2 Å². The van der Waals surface area contributed by atoms with Gasteiger partial charge in [0.2, 0.25) is 0 Å². The van der Waals surface area contributed by atoms with Crippen LogP contribution in [0.2, 0.25) is 0 Å². The molecule has 5 nitrogen and oxygen atoms in total. The Morgan fingerprint density at radius 3 is 2.11 bits per heavy atom. The van der Waals surface area contributed by atoms with Crippen LogP contribution in [0.3, 0.4) is 0 Å². The summed E-state index contributed by atoms with van der Waals surface area (Å²) in [5.74, 6) is -2.56. The molecule has 6 heteroatoms.